The van der Waals surface area contributed by atoms with Crippen molar-refractivity contribution in [1.82, 2.24) is 73.0 Å². The number of fused-ring (bicyclic) bond motifs is 3. The molecule has 0 spiro atoms. The minimum absolute atomic E-state index is 0.00861. The van der Waals surface area contributed by atoms with Crippen LogP contribution in [0.1, 0.15) is 58.3 Å². The van der Waals surface area contributed by atoms with Crippen LogP contribution < -0.4 is 61.0 Å². The van der Waals surface area contributed by atoms with Crippen molar-refractivity contribution in [3.63, 3.8) is 0 Å². The second-order valence-corrected chi connectivity index (χ2v) is 38.1. The van der Waals surface area contributed by atoms with Gasteiger partial charge in [-0.1, -0.05) is 108 Å². The number of carbonyl (C=O) groups excluding carboxylic acids is 6. The summed E-state index contributed by atoms with van der Waals surface area (Å²) in [6.07, 6.45) is 18.3. The molecule has 0 bridgehead atoms. The van der Waals surface area contributed by atoms with Crippen molar-refractivity contribution in [1.29, 1.82) is 0 Å². The molecule has 0 saturated carbocycles. The Balaban J connectivity index is 0.000000182. The largest absolute Gasteiger partial charge is 0.495 e. The first-order valence-corrected chi connectivity index (χ1v) is 49.9. The van der Waals surface area contributed by atoms with Gasteiger partial charge in [0.2, 0.25) is 29.7 Å². The zero-order chi connectivity index (χ0) is 104. The molecule has 3 N–H and O–H groups in total. The number of pyridine rings is 3. The zero-order valence-corrected chi connectivity index (χ0v) is 87.1. The number of rotatable bonds is 36. The van der Waals surface area contributed by atoms with Gasteiger partial charge in [-0.15, -0.1) is 0 Å². The van der Waals surface area contributed by atoms with Gasteiger partial charge in [-0.3, -0.25) is 66.7 Å². The molecular weight excluding hydrogens is 1990 g/mol. The van der Waals surface area contributed by atoms with Crippen LogP contribution in [0.4, 0.5) is 17.8 Å². The number of piperazine rings is 2. The predicted octanol–water partition coefficient (Wildman–Crippen LogP) is 13.1. The van der Waals surface area contributed by atoms with Gasteiger partial charge < -0.3 is 78.2 Å². The van der Waals surface area contributed by atoms with E-state index in [9.17, 15) is 43.2 Å². The summed E-state index contributed by atoms with van der Waals surface area (Å²) in [6, 6.07) is 9.09. The van der Waals surface area contributed by atoms with Gasteiger partial charge in [0.15, 0.2) is 17.3 Å². The highest BCUT2D eigenvalue weighted by molar-refractivity contribution is 6.43. The highest BCUT2D eigenvalue weighted by Gasteiger charge is 2.36. The first-order chi connectivity index (χ1) is 69.9. The number of aromatic nitrogens is 9. The lowest BCUT2D eigenvalue weighted by Gasteiger charge is -2.34. The van der Waals surface area contributed by atoms with Crippen LogP contribution in [-0.2, 0) is 62.6 Å². The first-order valence-electron chi connectivity index (χ1n) is 47.6. The molecular formula is C103H120Cl6N18O18. The van der Waals surface area contributed by atoms with Crippen LogP contribution in [0.15, 0.2) is 132 Å². The van der Waals surface area contributed by atoms with Gasteiger partial charge in [0.25, 0.3) is 22.6 Å². The van der Waals surface area contributed by atoms with Crippen LogP contribution in [0, 0.1) is 35.5 Å². The van der Waals surface area contributed by atoms with E-state index in [0.29, 0.717) is 268 Å². The van der Waals surface area contributed by atoms with Gasteiger partial charge in [0.1, 0.15) is 51.4 Å². The molecule has 15 rings (SSSR count). The van der Waals surface area contributed by atoms with Crippen molar-refractivity contribution in [3.8, 4) is 79.7 Å². The van der Waals surface area contributed by atoms with Gasteiger partial charge in [-0.05, 0) is 125 Å². The van der Waals surface area contributed by atoms with E-state index in [1.54, 1.807) is 91.5 Å². The number of likely N-dealkylation sites (tertiary alicyclic amines) is 1. The quantitative estimate of drug-likeness (QED) is 0.0242. The first kappa shape index (κ1) is 110. The number of nitrogens with zero attached hydrogens (tertiary/aromatic N) is 15. The highest BCUT2D eigenvalue weighted by atomic mass is 35.5. The number of carbonyl (C=O) groups is 6. The number of ether oxygens (including phenoxy) is 9. The van der Waals surface area contributed by atoms with E-state index in [1.807, 2.05) is 30.0 Å². The van der Waals surface area contributed by atoms with Gasteiger partial charge >= 0.3 is 0 Å². The third kappa shape index (κ3) is 26.7. The topological polar surface area (TPSA) is 384 Å². The Hall–Kier alpha value is -12.1. The van der Waals surface area contributed by atoms with Crippen molar-refractivity contribution < 1.29 is 71.4 Å². The van der Waals surface area contributed by atoms with Gasteiger partial charge in [0.05, 0.1) is 127 Å². The van der Waals surface area contributed by atoms with E-state index in [0.717, 1.165) is 0 Å². The summed E-state index contributed by atoms with van der Waals surface area (Å²) in [5, 5.41) is 12.8. The summed E-state index contributed by atoms with van der Waals surface area (Å²) in [4.78, 5) is 157. The lowest BCUT2D eigenvalue weighted by atomic mass is 9.90. The predicted molar refractivity (Wildman–Crippen MR) is 562 cm³/mol. The molecule has 42 heteroatoms. The normalized spacial score (nSPS) is 18.4. The van der Waals surface area contributed by atoms with E-state index in [1.165, 1.54) is 67.0 Å². The number of nitrogens with one attached hydrogen (secondary N) is 3. The molecule has 9 aromatic rings. The number of hydrogen-bond donors (Lipinski definition) is 3. The molecule has 0 aliphatic carbocycles. The number of benzene rings is 3. The molecule has 145 heavy (non-hydrogen) atoms. The maximum atomic E-state index is 14.6. The molecule has 6 aliphatic rings. The maximum absolute atomic E-state index is 14.6. The average Bonchev–Trinajstić information content (AvgIpc) is 0.757. The summed E-state index contributed by atoms with van der Waals surface area (Å²) >= 11 is 40.6. The Morgan fingerprint density at radius 3 is 1.08 bits per heavy atom. The molecule has 6 atom stereocenters. The average molecular weight is 2110 g/mol. The molecule has 0 radical (unpaired) electrons. The SMILES string of the molecule is C=CC(=O)C[C@H]1CCOC[C@H]1Nc1ncc2cc(-c3c(Cl)c(OC)cc(OC)c3Cl)c(=O)n(CC3CCN(C(=O)/C=C/CN(C)C)CC3)c2n1.C=CC(=O)C[C@H]1CCOC[C@H]1Nc1ncc2cc(-c3c(Cl)c(OC)cc(OC)c3Cl)c(=O)n(CCN3CCN(C(=O)C#CC)CC3)c2n1.C=CC(=O)C[C@H]1CCOC[C@H]1Nc1ncc2cc(-c3c(Cl)c(OC)cc(OC)c3Cl)c(=O)n(CCN3CCN(C(=O)C=C)CC3)c2n1. The zero-order valence-electron chi connectivity index (χ0n) is 82.6. The Bertz CT molecular complexity index is 6540. The lowest BCUT2D eigenvalue weighted by Crippen LogP contribution is -2.49. The van der Waals surface area contributed by atoms with Gasteiger partial charge in [0, 0.05) is 220 Å². The van der Waals surface area contributed by atoms with Crippen LogP contribution in [0.2, 0.25) is 30.1 Å². The summed E-state index contributed by atoms with van der Waals surface area (Å²) in [7, 11) is 12.7. The maximum Gasteiger partial charge on any atom is 0.298 e. The summed E-state index contributed by atoms with van der Waals surface area (Å²) in [6.45, 7) is 27.4. The number of methoxy groups -OCH3 is 6. The molecule has 3 amide bonds. The smallest absolute Gasteiger partial charge is 0.298 e. The van der Waals surface area contributed by atoms with Crippen LogP contribution in [0.3, 0.4) is 0 Å². The number of likely N-dealkylation sites (N-methyl/N-ethyl adjacent to an activating group) is 1. The minimum atomic E-state index is -0.367. The lowest BCUT2D eigenvalue weighted by molar-refractivity contribution is -0.128. The third-order valence-electron chi connectivity index (χ3n) is 26.7. The Morgan fingerprint density at radius 2 is 0.759 bits per heavy atom. The second-order valence-electron chi connectivity index (χ2n) is 35.8. The van der Waals surface area contributed by atoms with Crippen LogP contribution in [0.5, 0.6) is 34.5 Å². The second kappa shape index (κ2) is 51.8. The van der Waals surface area contributed by atoms with E-state index in [2.05, 4.69) is 78.9 Å². The van der Waals surface area contributed by atoms with Crippen molar-refractivity contribution in [2.24, 2.45) is 23.7 Å². The number of allylic oxidation sites excluding steroid dienone is 3. The number of amides is 3. The molecule has 772 valence electrons. The molecule has 6 aromatic heterocycles. The fourth-order valence-electron chi connectivity index (χ4n) is 18.5. The molecule has 6 fully saturated rings. The fourth-order valence-corrected chi connectivity index (χ4v) is 20.6. The molecule has 6 saturated heterocycles. The Labute approximate surface area is 870 Å². The van der Waals surface area contributed by atoms with Crippen LogP contribution >= 0.6 is 69.6 Å². The van der Waals surface area contributed by atoms with Crippen molar-refractivity contribution in [2.75, 3.05) is 197 Å². The van der Waals surface area contributed by atoms with E-state index in [4.69, 9.17) is 127 Å². The number of ketones is 3. The fraction of sp³-hybridized carbons (Fsp3) is 0.447. The number of anilines is 3. The van der Waals surface area contributed by atoms with Crippen LogP contribution in [0.25, 0.3) is 66.5 Å². The number of piperidine rings is 1. The minimum Gasteiger partial charge on any atom is -0.495 e. The number of hydrogen-bond acceptors (Lipinski definition) is 30. The van der Waals surface area contributed by atoms with Crippen molar-refractivity contribution in [3.05, 3.63) is 179 Å². The molecule has 6 aliphatic heterocycles. The van der Waals surface area contributed by atoms with Crippen molar-refractivity contribution in [2.45, 2.75) is 96.1 Å². The van der Waals surface area contributed by atoms with E-state index < -0.39 is 0 Å². The summed E-state index contributed by atoms with van der Waals surface area (Å²) < 4.78 is 54.8. The molecule has 3 aromatic carbocycles. The molecule has 12 heterocycles. The van der Waals surface area contributed by atoms with Crippen LogP contribution in [-0.4, -0.2) is 308 Å². The molecule has 36 nitrogen and oxygen atoms in total. The van der Waals surface area contributed by atoms with E-state index in [-0.39, 0.29) is 170 Å². The monoisotopic (exact) mass is 2110 g/mol. The summed E-state index contributed by atoms with van der Waals surface area (Å²) in [5.41, 5.74) is 1.72. The third-order valence-corrected chi connectivity index (χ3v) is 28.9. The summed E-state index contributed by atoms with van der Waals surface area (Å²) in [5.74, 6) is 7.69. The molecule has 0 unspecified atom stereocenters. The Morgan fingerprint density at radius 1 is 0.434 bits per heavy atom. The Kier molecular flexibility index (Phi) is 39.3. The van der Waals surface area contributed by atoms with Gasteiger partial charge in [-0.2, -0.15) is 15.0 Å². The standard InChI is InChI=1S/C36H44Cl2N6O6.C34H38Cl2N6O6.C33H38Cl2N6O6/c1-6-25(45)16-23-11-15-50-21-27(23)40-36-39-19-24-17-26(31-32(37)28(48-4)18-29(49-5)33(31)38)35(47)44(34(24)41-36)20-22-9-13-43(14-10-22)30(46)8-7-12-42(2)3;1-5-7-28(44)41-12-9-40(10-13-41)11-14-42-32-22(17-24(33(42)45)29-30(35)26(46-3)18-27(47-4)31(29)36)19-37-34(39-32)38-25-20-48-15-8-21(25)16-23(43)6-2;1-5-22(42)15-20-7-14-47-19-24(20)37-33-36-18-21-16-23(28-29(34)25(45-3)17-26(46-4)30(28)35)32(44)41(31(21)38-33)13-10-39-8-11-40(12-9-39)27(43)6-2/h6-8,17-19,22-23,27H,1,9-16,20-21H2,2-5H3,(H,39,40,41);6,17-19,21,25H,2,8-16,20H2,1,3-4H3,(H,37,38,39);5-6,16-18,20,24H,1-2,7-15,19H2,3-4H3,(H,36,37,38)/b8-7+;;/t23-,27-;21-,25-;20-,24-/m111/s1. The highest BCUT2D eigenvalue weighted by Crippen LogP contribution is 2.49. The van der Waals surface area contributed by atoms with Crippen molar-refractivity contribution >= 4 is 156 Å². The van der Waals surface area contributed by atoms with E-state index >= 15 is 0 Å². The number of halogens is 6. The van der Waals surface area contributed by atoms with Gasteiger partial charge in [-0.25, -0.2) is 15.0 Å².